The Morgan fingerprint density at radius 1 is 0.667 bits per heavy atom. The summed E-state index contributed by atoms with van der Waals surface area (Å²) in [4.78, 5) is 36.1. The van der Waals surface area contributed by atoms with E-state index in [1.807, 2.05) is 14.7 Å². The zero-order chi connectivity index (χ0) is 23.6. The number of rotatable bonds is 6. The van der Waals surface area contributed by atoms with Gasteiger partial charge in [0, 0.05) is 39.3 Å². The molecule has 3 aliphatic heterocycles. The summed E-state index contributed by atoms with van der Waals surface area (Å²) in [7, 11) is 0. The number of hydrogen-bond donors (Lipinski definition) is 3. The molecule has 0 aromatic carbocycles. The Hall–Kier alpha value is -1.71. The highest BCUT2D eigenvalue weighted by Gasteiger charge is 2.29. The number of carboxylic acid groups (broad SMARTS) is 3. The Kier molecular flexibility index (Phi) is 12.1. The second kappa shape index (κ2) is 12.9. The highest BCUT2D eigenvalue weighted by atomic mass is 16.4. The molecule has 3 rings (SSSR count). The largest absolute Gasteiger partial charge is 0.480 e. The lowest BCUT2D eigenvalue weighted by molar-refractivity contribution is -0.141. The third-order valence-corrected chi connectivity index (χ3v) is 5.22. The average Bonchev–Trinajstić information content (AvgIpc) is 3.53. The normalized spacial score (nSPS) is 20.5. The van der Waals surface area contributed by atoms with Crippen LogP contribution in [0.25, 0.3) is 0 Å². The molecule has 0 radical (unpaired) electrons. The first-order valence-corrected chi connectivity index (χ1v) is 10.6. The quantitative estimate of drug-likeness (QED) is 0.540. The van der Waals surface area contributed by atoms with Gasteiger partial charge in [-0.15, -0.1) is 0 Å². The van der Waals surface area contributed by atoms with E-state index in [1.165, 1.54) is 6.42 Å². The van der Waals surface area contributed by atoms with Gasteiger partial charge in [0.1, 0.15) is 18.1 Å². The molecule has 30 heavy (non-hydrogen) atoms. The van der Waals surface area contributed by atoms with Crippen LogP contribution >= 0.6 is 0 Å². The number of aliphatic carboxylic acids is 3. The summed E-state index contributed by atoms with van der Waals surface area (Å²) >= 11 is 0. The zero-order valence-electron chi connectivity index (χ0n) is 19.6. The maximum Gasteiger partial charge on any atom is 0.320 e. The minimum atomic E-state index is -0.720. The van der Waals surface area contributed by atoms with Crippen molar-refractivity contribution in [2.45, 2.75) is 73.0 Å². The number of nitrogens with zero attached hydrogens (tertiary/aromatic N) is 3. The first kappa shape index (κ1) is 28.3. The van der Waals surface area contributed by atoms with Crippen LogP contribution in [0.1, 0.15) is 54.9 Å². The molecule has 3 atom stereocenters. The Morgan fingerprint density at radius 2 is 0.833 bits per heavy atom. The third-order valence-electron chi connectivity index (χ3n) is 5.22. The average molecular weight is 432 g/mol. The summed E-state index contributed by atoms with van der Waals surface area (Å²) < 4.78 is 0. The second-order valence-corrected chi connectivity index (χ2v) is 9.06. The molecule has 0 aliphatic carbocycles. The van der Waals surface area contributed by atoms with Gasteiger partial charge in [-0.1, -0.05) is 34.1 Å². The molecule has 3 aliphatic rings. The molecule has 0 spiro atoms. The fourth-order valence-corrected chi connectivity index (χ4v) is 1.80. The van der Waals surface area contributed by atoms with Crippen LogP contribution in [0.3, 0.4) is 0 Å². The molecule has 0 saturated carbocycles. The summed E-state index contributed by atoms with van der Waals surface area (Å²) in [5.41, 5.74) is 0.542. The summed E-state index contributed by atoms with van der Waals surface area (Å²) in [5, 5.41) is 25.1. The van der Waals surface area contributed by atoms with Gasteiger partial charge in [0.2, 0.25) is 0 Å². The van der Waals surface area contributed by atoms with E-state index in [-0.39, 0.29) is 18.1 Å². The van der Waals surface area contributed by atoms with E-state index in [1.54, 1.807) is 20.8 Å². The lowest BCUT2D eigenvalue weighted by Gasteiger charge is -2.12. The number of carboxylic acids is 3. The molecule has 3 heterocycles. The molecule has 3 unspecified atom stereocenters. The van der Waals surface area contributed by atoms with Gasteiger partial charge < -0.3 is 15.3 Å². The molecule has 176 valence electrons. The van der Waals surface area contributed by atoms with Crippen molar-refractivity contribution >= 4 is 17.9 Å². The van der Waals surface area contributed by atoms with Crippen LogP contribution < -0.4 is 0 Å². The molecule has 0 aromatic heterocycles. The zero-order valence-corrected chi connectivity index (χ0v) is 19.6. The van der Waals surface area contributed by atoms with Gasteiger partial charge >= 0.3 is 17.9 Å². The van der Waals surface area contributed by atoms with Crippen molar-refractivity contribution in [3.63, 3.8) is 0 Å². The van der Waals surface area contributed by atoms with E-state index < -0.39 is 17.9 Å². The first-order chi connectivity index (χ1) is 13.7. The minimum Gasteiger partial charge on any atom is -0.480 e. The Morgan fingerprint density at radius 3 is 0.867 bits per heavy atom. The lowest BCUT2D eigenvalue weighted by atomic mass is 9.94. The van der Waals surface area contributed by atoms with Crippen molar-refractivity contribution in [3.05, 3.63) is 0 Å². The fraction of sp³-hybridized carbons (Fsp3) is 0.857. The topological polar surface area (TPSA) is 121 Å². The van der Waals surface area contributed by atoms with Crippen LogP contribution in [0.15, 0.2) is 0 Å². The van der Waals surface area contributed by atoms with Crippen molar-refractivity contribution in [2.75, 3.05) is 39.3 Å². The standard InChI is InChI=1S/C6H14.3C5H9NO2/c1-5-6(2,3)4;3*1-4(5(7)8)6-2-3-6/h5H2,1-4H3;3*4H,2-3H2,1H3,(H,7,8). The maximum absolute atomic E-state index is 10.1. The Labute approximate surface area is 180 Å². The molecule has 9 nitrogen and oxygen atoms in total. The van der Waals surface area contributed by atoms with Gasteiger partial charge in [-0.05, 0) is 26.2 Å². The molecule has 0 bridgehead atoms. The highest BCUT2D eigenvalue weighted by molar-refractivity contribution is 5.74. The molecule has 3 fully saturated rings. The molecule has 9 heteroatoms. The van der Waals surface area contributed by atoms with Gasteiger partial charge in [0.05, 0.1) is 0 Å². The molecular weight excluding hydrogens is 390 g/mol. The van der Waals surface area contributed by atoms with Crippen LogP contribution in [-0.2, 0) is 14.4 Å². The smallest absolute Gasteiger partial charge is 0.320 e. The van der Waals surface area contributed by atoms with E-state index >= 15 is 0 Å². The summed E-state index contributed by atoms with van der Waals surface area (Å²) in [5.74, 6) is -2.16. The van der Waals surface area contributed by atoms with Crippen LogP contribution in [-0.4, -0.2) is 105 Å². The van der Waals surface area contributed by atoms with Gasteiger partial charge in [-0.2, -0.15) is 0 Å². The van der Waals surface area contributed by atoms with Crippen LogP contribution in [0.5, 0.6) is 0 Å². The van der Waals surface area contributed by atoms with Crippen molar-refractivity contribution in [2.24, 2.45) is 5.41 Å². The Balaban J connectivity index is 0.000000377. The molecule has 0 aromatic rings. The van der Waals surface area contributed by atoms with Gasteiger partial charge in [0.25, 0.3) is 0 Å². The predicted octanol–water partition coefficient (Wildman–Crippen LogP) is 1.77. The summed E-state index contributed by atoms with van der Waals surface area (Å²) in [6.07, 6.45) is 1.27. The van der Waals surface area contributed by atoms with Crippen molar-refractivity contribution in [1.29, 1.82) is 0 Å². The van der Waals surface area contributed by atoms with Gasteiger partial charge in [-0.25, -0.2) is 0 Å². The Bertz CT molecular complexity index is 485. The van der Waals surface area contributed by atoms with E-state index in [9.17, 15) is 14.4 Å². The van der Waals surface area contributed by atoms with E-state index in [2.05, 4.69) is 27.7 Å². The van der Waals surface area contributed by atoms with E-state index in [0.717, 1.165) is 39.3 Å². The third kappa shape index (κ3) is 14.3. The van der Waals surface area contributed by atoms with Crippen LogP contribution in [0.4, 0.5) is 0 Å². The summed E-state index contributed by atoms with van der Waals surface area (Å²) in [6, 6.07) is -0.806. The predicted molar refractivity (Wildman–Crippen MR) is 116 cm³/mol. The first-order valence-electron chi connectivity index (χ1n) is 10.6. The molecule has 3 saturated heterocycles. The minimum absolute atomic E-state index is 0.269. The monoisotopic (exact) mass is 431 g/mol. The van der Waals surface area contributed by atoms with Crippen LogP contribution in [0.2, 0.25) is 0 Å². The fourth-order valence-electron chi connectivity index (χ4n) is 1.80. The van der Waals surface area contributed by atoms with Gasteiger partial charge in [0.15, 0.2) is 0 Å². The summed E-state index contributed by atoms with van der Waals surface area (Å²) in [6.45, 7) is 19.8. The lowest BCUT2D eigenvalue weighted by Crippen LogP contribution is -2.24. The van der Waals surface area contributed by atoms with E-state index in [4.69, 9.17) is 15.3 Å². The highest BCUT2D eigenvalue weighted by Crippen LogP contribution is 2.16. The SMILES string of the molecule is CC(C(=O)O)N1CC1.CC(C(=O)O)N1CC1.CC(C(=O)O)N1CC1.CCC(C)(C)C. The van der Waals surface area contributed by atoms with Crippen LogP contribution in [0, 0.1) is 5.41 Å². The van der Waals surface area contributed by atoms with Crippen molar-refractivity contribution < 1.29 is 29.7 Å². The maximum atomic E-state index is 10.1. The van der Waals surface area contributed by atoms with E-state index in [0.29, 0.717) is 5.41 Å². The second-order valence-electron chi connectivity index (χ2n) is 9.06. The van der Waals surface area contributed by atoms with Crippen molar-refractivity contribution in [3.8, 4) is 0 Å². The number of hydrogen-bond acceptors (Lipinski definition) is 6. The van der Waals surface area contributed by atoms with Crippen molar-refractivity contribution in [1.82, 2.24) is 14.7 Å². The number of carbonyl (C=O) groups is 3. The molecule has 3 N–H and O–H groups in total. The van der Waals surface area contributed by atoms with Gasteiger partial charge in [-0.3, -0.25) is 29.1 Å². The molecule has 0 amide bonds. The molecular formula is C21H41N3O6.